The minimum absolute atomic E-state index is 0.511. The van der Waals surface area contributed by atoms with Gasteiger partial charge in [0.25, 0.3) is 0 Å². The first kappa shape index (κ1) is 6.18. The Hall–Kier alpha value is -0.940. The molecule has 3 heteroatoms. The minimum Gasteiger partial charge on any atom is -0.341 e. The Morgan fingerprint density at radius 3 is 2.67 bits per heavy atom. The average molecular weight is 141 g/mol. The minimum atomic E-state index is 0.511. The predicted molar refractivity (Wildman–Crippen MR) is 35.1 cm³/mol. The van der Waals surface area contributed by atoms with Crippen molar-refractivity contribution < 1.29 is 0 Å². The van der Waals surface area contributed by atoms with Crippen LogP contribution in [0.4, 0.5) is 0 Å². The third-order valence-corrected chi connectivity index (χ3v) is 1.43. The van der Waals surface area contributed by atoms with Crippen molar-refractivity contribution in [2.24, 2.45) is 7.05 Å². The average Bonchev–Trinajstić information content (AvgIpc) is 2.12. The molecule has 0 aliphatic carbocycles. The second-order valence-corrected chi connectivity index (χ2v) is 2.14. The van der Waals surface area contributed by atoms with E-state index >= 15 is 0 Å². The van der Waals surface area contributed by atoms with Crippen LogP contribution in [0.3, 0.4) is 0 Å². The van der Waals surface area contributed by atoms with Gasteiger partial charge in [-0.25, -0.2) is 0 Å². The molecule has 0 atom stereocenters. The van der Waals surface area contributed by atoms with E-state index in [1.807, 2.05) is 6.07 Å². The molecule has 1 aromatic heterocycles. The maximum absolute atomic E-state index is 8.43. The third kappa shape index (κ3) is 0.914. The van der Waals surface area contributed by atoms with E-state index < -0.39 is 0 Å². The van der Waals surface area contributed by atoms with Gasteiger partial charge in [-0.1, -0.05) is 11.6 Å². The first-order valence-electron chi connectivity index (χ1n) is 2.46. The van der Waals surface area contributed by atoms with E-state index in [4.69, 9.17) is 16.9 Å². The number of aryl methyl sites for hydroxylation is 1. The van der Waals surface area contributed by atoms with Crippen molar-refractivity contribution in [3.63, 3.8) is 0 Å². The molecule has 0 radical (unpaired) electrons. The van der Waals surface area contributed by atoms with E-state index in [-0.39, 0.29) is 0 Å². The quantitative estimate of drug-likeness (QED) is 0.538. The molecular weight excluding hydrogens is 136 g/mol. The number of hydrogen-bond donors (Lipinski definition) is 0. The summed E-state index contributed by atoms with van der Waals surface area (Å²) in [5.41, 5.74) is 0.511. The summed E-state index contributed by atoms with van der Waals surface area (Å²) in [6, 6.07) is 3.67. The number of aromatic nitrogens is 1. The van der Waals surface area contributed by atoms with E-state index in [9.17, 15) is 0 Å². The van der Waals surface area contributed by atoms with Crippen LogP contribution in [-0.2, 0) is 7.05 Å². The lowest BCUT2D eigenvalue weighted by Gasteiger charge is -1.89. The monoisotopic (exact) mass is 140 g/mol. The Balaban J connectivity index is 3.27. The van der Waals surface area contributed by atoms with E-state index in [1.54, 1.807) is 23.9 Å². The molecule has 46 valence electrons. The van der Waals surface area contributed by atoms with Crippen LogP contribution in [0.15, 0.2) is 12.3 Å². The molecule has 0 bridgehead atoms. The standard InChI is InChI=1S/C6H5ClN2/c1-9-3-2-5(7)6(9)4-8/h2-3H,1H3. The first-order chi connectivity index (χ1) is 4.25. The SMILES string of the molecule is Cn1ccc(Cl)c1C#N. The predicted octanol–water partition coefficient (Wildman–Crippen LogP) is 1.55. The molecule has 9 heavy (non-hydrogen) atoms. The van der Waals surface area contributed by atoms with Gasteiger partial charge in [0.2, 0.25) is 0 Å². The number of hydrogen-bond acceptors (Lipinski definition) is 1. The van der Waals surface area contributed by atoms with Gasteiger partial charge in [-0.15, -0.1) is 0 Å². The highest BCUT2D eigenvalue weighted by molar-refractivity contribution is 6.31. The van der Waals surface area contributed by atoms with E-state index in [0.29, 0.717) is 10.7 Å². The molecule has 0 saturated carbocycles. The van der Waals surface area contributed by atoms with Gasteiger partial charge < -0.3 is 4.57 Å². The summed E-state index contributed by atoms with van der Waals surface area (Å²) >= 11 is 5.60. The van der Waals surface area contributed by atoms with Crippen LogP contribution in [0, 0.1) is 11.3 Å². The Morgan fingerprint density at radius 2 is 2.44 bits per heavy atom. The van der Waals surface area contributed by atoms with Crippen LogP contribution in [0.25, 0.3) is 0 Å². The van der Waals surface area contributed by atoms with Crippen molar-refractivity contribution >= 4 is 11.6 Å². The second kappa shape index (κ2) is 2.12. The van der Waals surface area contributed by atoms with Gasteiger partial charge in [-0.05, 0) is 6.07 Å². The Morgan fingerprint density at radius 1 is 1.78 bits per heavy atom. The van der Waals surface area contributed by atoms with Crippen molar-refractivity contribution in [1.29, 1.82) is 5.26 Å². The second-order valence-electron chi connectivity index (χ2n) is 1.73. The number of rotatable bonds is 0. The summed E-state index contributed by atoms with van der Waals surface area (Å²) in [5, 5.41) is 8.95. The normalized spacial score (nSPS) is 9.00. The van der Waals surface area contributed by atoms with Crippen LogP contribution in [0.1, 0.15) is 5.69 Å². The van der Waals surface area contributed by atoms with Crippen molar-refractivity contribution in [1.82, 2.24) is 4.57 Å². The zero-order valence-corrected chi connectivity index (χ0v) is 5.68. The molecule has 0 N–H and O–H groups in total. The summed E-state index contributed by atoms with van der Waals surface area (Å²) < 4.78 is 1.68. The Bertz CT molecular complexity index is 237. The fraction of sp³-hybridized carbons (Fsp3) is 0.167. The van der Waals surface area contributed by atoms with Crippen molar-refractivity contribution in [3.05, 3.63) is 23.0 Å². The largest absolute Gasteiger partial charge is 0.341 e. The zero-order valence-electron chi connectivity index (χ0n) is 4.93. The molecule has 1 rings (SSSR count). The molecule has 0 amide bonds. The molecule has 0 unspecified atom stereocenters. The number of halogens is 1. The van der Waals surface area contributed by atoms with Gasteiger partial charge in [0, 0.05) is 13.2 Å². The topological polar surface area (TPSA) is 28.7 Å². The molecule has 1 aromatic rings. The van der Waals surface area contributed by atoms with Crippen molar-refractivity contribution in [3.8, 4) is 6.07 Å². The van der Waals surface area contributed by atoms with Gasteiger partial charge >= 0.3 is 0 Å². The molecule has 0 fully saturated rings. The maximum atomic E-state index is 8.43. The molecule has 0 spiro atoms. The summed E-state index contributed by atoms with van der Waals surface area (Å²) in [6.07, 6.45) is 1.75. The zero-order chi connectivity index (χ0) is 6.85. The van der Waals surface area contributed by atoms with Crippen LogP contribution >= 0.6 is 11.6 Å². The number of nitriles is 1. The molecule has 2 nitrogen and oxygen atoms in total. The molecular formula is C6H5ClN2. The van der Waals surface area contributed by atoms with Gasteiger partial charge in [-0.3, -0.25) is 0 Å². The van der Waals surface area contributed by atoms with Crippen molar-refractivity contribution in [2.75, 3.05) is 0 Å². The van der Waals surface area contributed by atoms with Crippen LogP contribution in [0.5, 0.6) is 0 Å². The summed E-state index contributed by atoms with van der Waals surface area (Å²) in [7, 11) is 1.78. The lowest BCUT2D eigenvalue weighted by molar-refractivity contribution is 0.908. The van der Waals surface area contributed by atoms with Crippen LogP contribution < -0.4 is 0 Å². The molecule has 0 aliphatic rings. The van der Waals surface area contributed by atoms with Gasteiger partial charge in [-0.2, -0.15) is 5.26 Å². The highest BCUT2D eigenvalue weighted by Crippen LogP contribution is 2.13. The summed E-state index contributed by atoms with van der Waals surface area (Å²) in [5.74, 6) is 0. The lowest BCUT2D eigenvalue weighted by Crippen LogP contribution is -1.87. The van der Waals surface area contributed by atoms with Gasteiger partial charge in [0.1, 0.15) is 11.8 Å². The van der Waals surface area contributed by atoms with Gasteiger partial charge in [0.05, 0.1) is 5.02 Å². The fourth-order valence-corrected chi connectivity index (χ4v) is 0.863. The van der Waals surface area contributed by atoms with E-state index in [0.717, 1.165) is 0 Å². The van der Waals surface area contributed by atoms with Crippen LogP contribution in [0.2, 0.25) is 5.02 Å². The summed E-state index contributed by atoms with van der Waals surface area (Å²) in [4.78, 5) is 0. The number of nitrogens with zero attached hydrogens (tertiary/aromatic N) is 2. The molecule has 0 aromatic carbocycles. The highest BCUT2D eigenvalue weighted by Gasteiger charge is 2.00. The van der Waals surface area contributed by atoms with Gasteiger partial charge in [0.15, 0.2) is 0 Å². The summed E-state index contributed by atoms with van der Waals surface area (Å²) in [6.45, 7) is 0. The van der Waals surface area contributed by atoms with E-state index in [2.05, 4.69) is 0 Å². The maximum Gasteiger partial charge on any atom is 0.138 e. The Kier molecular flexibility index (Phi) is 1.46. The lowest BCUT2D eigenvalue weighted by atomic mass is 10.5. The van der Waals surface area contributed by atoms with E-state index in [1.165, 1.54) is 0 Å². The molecule has 0 aliphatic heterocycles. The fourth-order valence-electron chi connectivity index (χ4n) is 0.631. The van der Waals surface area contributed by atoms with Crippen LogP contribution in [-0.4, -0.2) is 4.57 Å². The Labute approximate surface area is 58.3 Å². The molecule has 0 saturated heterocycles. The first-order valence-corrected chi connectivity index (χ1v) is 2.84. The smallest absolute Gasteiger partial charge is 0.138 e. The van der Waals surface area contributed by atoms with Crippen molar-refractivity contribution in [2.45, 2.75) is 0 Å². The molecule has 1 heterocycles. The highest BCUT2D eigenvalue weighted by atomic mass is 35.5. The third-order valence-electron chi connectivity index (χ3n) is 1.13.